The highest BCUT2D eigenvalue weighted by molar-refractivity contribution is 6.03. The lowest BCUT2D eigenvalue weighted by Crippen LogP contribution is -2.38. The van der Waals surface area contributed by atoms with Gasteiger partial charge in [0.2, 0.25) is 0 Å². The number of alkyl halides is 1. The average Bonchev–Trinajstić information content (AvgIpc) is 2.99. The molecule has 0 saturated carbocycles. The Labute approximate surface area is 172 Å². The third kappa shape index (κ3) is 9.90. The zero-order chi connectivity index (χ0) is 21.5. The monoisotopic (exact) mass is 414 g/mol. The van der Waals surface area contributed by atoms with E-state index in [1.807, 2.05) is 0 Å². The topological polar surface area (TPSA) is 89.9 Å². The molecular formula is C22H35FO6. The smallest absolute Gasteiger partial charge is 0.356 e. The molecule has 0 spiro atoms. The number of hydrogen-bond acceptors (Lipinski definition) is 5. The summed E-state index contributed by atoms with van der Waals surface area (Å²) in [5, 5.41) is 8.74. The number of esters is 2. The fourth-order valence-electron chi connectivity index (χ4n) is 3.20. The minimum absolute atomic E-state index is 0.248. The summed E-state index contributed by atoms with van der Waals surface area (Å²) in [7, 11) is 0. The Morgan fingerprint density at radius 1 is 1.10 bits per heavy atom. The van der Waals surface area contributed by atoms with Gasteiger partial charge in [-0.25, -0.2) is 14.0 Å². The number of cyclic esters (lactones) is 1. The third-order valence-corrected chi connectivity index (χ3v) is 5.02. The van der Waals surface area contributed by atoms with Crippen LogP contribution in [0, 0.1) is 0 Å². The minimum atomic E-state index is -3.04. The van der Waals surface area contributed by atoms with Gasteiger partial charge < -0.3 is 14.6 Å². The summed E-state index contributed by atoms with van der Waals surface area (Å²) in [5.74, 6) is -3.75. The van der Waals surface area contributed by atoms with Crippen LogP contribution < -0.4 is 0 Å². The largest absolute Gasteiger partial charge is 0.478 e. The standard InChI is InChI=1S/C22H35FO6/c1-2-3-4-5-6-7-8-9-10-11-12-13-14-15-19(24)28-17-18-16-22(23,20(25)26)21(27)29-18/h7-8,18H,2-6,9-17H2,1H3,(H,25,26)/b8-7-/t18-,22+/m0/s1. The molecule has 1 rings (SSSR count). The molecule has 1 aliphatic heterocycles. The van der Waals surface area contributed by atoms with E-state index in [1.165, 1.54) is 32.1 Å². The van der Waals surface area contributed by atoms with Gasteiger partial charge in [-0.2, -0.15) is 0 Å². The Kier molecular flexibility index (Phi) is 12.2. The number of rotatable bonds is 16. The molecule has 0 aromatic carbocycles. The van der Waals surface area contributed by atoms with Crippen LogP contribution in [0.5, 0.6) is 0 Å². The number of aliphatic carboxylic acids is 1. The van der Waals surface area contributed by atoms with E-state index in [0.29, 0.717) is 6.42 Å². The van der Waals surface area contributed by atoms with E-state index in [-0.39, 0.29) is 13.0 Å². The average molecular weight is 415 g/mol. The summed E-state index contributed by atoms with van der Waals surface area (Å²) in [6.45, 7) is 1.90. The Morgan fingerprint density at radius 2 is 1.69 bits per heavy atom. The zero-order valence-corrected chi connectivity index (χ0v) is 17.5. The van der Waals surface area contributed by atoms with Crippen LogP contribution in [0.2, 0.25) is 0 Å². The Bertz CT molecular complexity index is 547. The Balaban J connectivity index is 1.97. The van der Waals surface area contributed by atoms with Crippen molar-refractivity contribution in [2.75, 3.05) is 6.61 Å². The van der Waals surface area contributed by atoms with Gasteiger partial charge in [0, 0.05) is 12.8 Å². The Morgan fingerprint density at radius 3 is 2.28 bits per heavy atom. The molecule has 1 aliphatic rings. The van der Waals surface area contributed by atoms with Gasteiger partial charge in [0.1, 0.15) is 12.7 Å². The van der Waals surface area contributed by atoms with Crippen LogP contribution in [-0.4, -0.2) is 41.4 Å². The van der Waals surface area contributed by atoms with E-state index in [9.17, 15) is 18.8 Å². The lowest BCUT2D eigenvalue weighted by atomic mass is 10.0. The van der Waals surface area contributed by atoms with Crippen LogP contribution in [0.1, 0.15) is 90.4 Å². The summed E-state index contributed by atoms with van der Waals surface area (Å²) >= 11 is 0. The van der Waals surface area contributed by atoms with Gasteiger partial charge in [0.15, 0.2) is 0 Å². The van der Waals surface area contributed by atoms with E-state index >= 15 is 0 Å². The SMILES string of the molecule is CCCCCC/C=C\CCCCCCCC(=O)OC[C@@H]1C[C@@](F)(C(=O)O)C(=O)O1. The molecule has 6 nitrogen and oxygen atoms in total. The van der Waals surface area contributed by atoms with Crippen molar-refractivity contribution in [1.29, 1.82) is 0 Å². The van der Waals surface area contributed by atoms with E-state index in [1.54, 1.807) is 0 Å². The molecule has 0 aliphatic carbocycles. The van der Waals surface area contributed by atoms with Crippen molar-refractivity contribution >= 4 is 17.9 Å². The first-order valence-electron chi connectivity index (χ1n) is 10.8. The highest BCUT2D eigenvalue weighted by Gasteiger charge is 2.56. The van der Waals surface area contributed by atoms with E-state index < -0.39 is 36.1 Å². The number of allylic oxidation sites excluding steroid dienone is 2. The number of carbonyl (C=O) groups is 3. The van der Waals surface area contributed by atoms with E-state index in [0.717, 1.165) is 32.1 Å². The van der Waals surface area contributed by atoms with Gasteiger partial charge in [-0.1, -0.05) is 57.6 Å². The summed E-state index contributed by atoms with van der Waals surface area (Å²) in [6, 6.07) is 0. The molecule has 2 atom stereocenters. The van der Waals surface area contributed by atoms with Crippen LogP contribution in [-0.2, 0) is 23.9 Å². The predicted octanol–water partition coefficient (Wildman–Crippen LogP) is 4.90. The molecule has 1 saturated heterocycles. The molecule has 166 valence electrons. The maximum atomic E-state index is 13.9. The molecule has 0 unspecified atom stereocenters. The van der Waals surface area contributed by atoms with Crippen molar-refractivity contribution in [3.63, 3.8) is 0 Å². The first-order valence-corrected chi connectivity index (χ1v) is 10.8. The molecule has 0 bridgehead atoms. The molecule has 1 heterocycles. The van der Waals surface area contributed by atoms with Crippen molar-refractivity contribution in [2.45, 2.75) is 102 Å². The molecule has 0 aromatic rings. The summed E-state index contributed by atoms with van der Waals surface area (Å²) in [6.07, 6.45) is 15.5. The summed E-state index contributed by atoms with van der Waals surface area (Å²) in [4.78, 5) is 33.8. The second-order valence-electron chi connectivity index (χ2n) is 7.65. The van der Waals surface area contributed by atoms with Gasteiger partial charge >= 0.3 is 23.6 Å². The maximum Gasteiger partial charge on any atom is 0.356 e. The number of ether oxygens (including phenoxy) is 2. The molecular weight excluding hydrogens is 379 g/mol. The third-order valence-electron chi connectivity index (χ3n) is 5.02. The lowest BCUT2D eigenvalue weighted by Gasteiger charge is -2.10. The Hall–Kier alpha value is -1.92. The van der Waals surface area contributed by atoms with Gasteiger partial charge in [-0.3, -0.25) is 4.79 Å². The normalized spacial score (nSPS) is 21.4. The van der Waals surface area contributed by atoms with Crippen LogP contribution in [0.3, 0.4) is 0 Å². The number of carboxylic acid groups (broad SMARTS) is 1. The molecule has 1 N–H and O–H groups in total. The number of halogens is 1. The molecule has 0 aromatic heterocycles. The van der Waals surface area contributed by atoms with E-state index in [2.05, 4.69) is 23.8 Å². The molecule has 29 heavy (non-hydrogen) atoms. The van der Waals surface area contributed by atoms with Gasteiger partial charge in [0.05, 0.1) is 0 Å². The van der Waals surface area contributed by atoms with Gasteiger partial charge in [-0.15, -0.1) is 0 Å². The van der Waals surface area contributed by atoms with Crippen molar-refractivity contribution in [2.24, 2.45) is 0 Å². The van der Waals surface area contributed by atoms with Crippen molar-refractivity contribution in [3.8, 4) is 0 Å². The van der Waals surface area contributed by atoms with Crippen LogP contribution >= 0.6 is 0 Å². The first kappa shape index (κ1) is 25.1. The molecule has 0 radical (unpaired) electrons. The fourth-order valence-corrected chi connectivity index (χ4v) is 3.20. The van der Waals surface area contributed by atoms with Crippen LogP contribution in [0.4, 0.5) is 4.39 Å². The maximum absolute atomic E-state index is 13.9. The van der Waals surface area contributed by atoms with Gasteiger partial charge in [0.25, 0.3) is 0 Å². The lowest BCUT2D eigenvalue weighted by molar-refractivity contribution is -0.164. The second-order valence-corrected chi connectivity index (χ2v) is 7.65. The minimum Gasteiger partial charge on any atom is -0.478 e. The van der Waals surface area contributed by atoms with Crippen molar-refractivity contribution in [1.82, 2.24) is 0 Å². The fraction of sp³-hybridized carbons (Fsp3) is 0.773. The summed E-state index contributed by atoms with van der Waals surface area (Å²) < 4.78 is 23.5. The zero-order valence-electron chi connectivity index (χ0n) is 17.5. The first-order chi connectivity index (χ1) is 13.9. The highest BCUT2D eigenvalue weighted by atomic mass is 19.1. The molecule has 7 heteroatoms. The van der Waals surface area contributed by atoms with Gasteiger partial charge in [-0.05, 0) is 32.1 Å². The number of carbonyl (C=O) groups excluding carboxylic acids is 2. The number of hydrogen-bond donors (Lipinski definition) is 1. The number of unbranched alkanes of at least 4 members (excludes halogenated alkanes) is 9. The van der Waals surface area contributed by atoms with Crippen LogP contribution in [0.15, 0.2) is 12.2 Å². The molecule has 0 amide bonds. The number of carboxylic acids is 1. The van der Waals surface area contributed by atoms with Crippen molar-refractivity contribution < 1.29 is 33.4 Å². The van der Waals surface area contributed by atoms with E-state index in [4.69, 9.17) is 9.84 Å². The summed E-state index contributed by atoms with van der Waals surface area (Å²) in [5.41, 5.74) is -3.04. The highest BCUT2D eigenvalue weighted by Crippen LogP contribution is 2.30. The molecule has 1 fully saturated rings. The second kappa shape index (κ2) is 14.1. The quantitative estimate of drug-likeness (QED) is 0.167. The van der Waals surface area contributed by atoms with Crippen LogP contribution in [0.25, 0.3) is 0 Å². The van der Waals surface area contributed by atoms with Crippen molar-refractivity contribution in [3.05, 3.63) is 12.2 Å². The predicted molar refractivity (Wildman–Crippen MR) is 107 cm³/mol.